The highest BCUT2D eigenvalue weighted by Crippen LogP contribution is 2.11. The van der Waals surface area contributed by atoms with E-state index in [1.807, 2.05) is 13.0 Å². The maximum atomic E-state index is 11.5. The van der Waals surface area contributed by atoms with Crippen molar-refractivity contribution in [1.82, 2.24) is 5.32 Å². The quantitative estimate of drug-likeness (QED) is 0.802. The first kappa shape index (κ1) is 15.5. The van der Waals surface area contributed by atoms with Gasteiger partial charge in [0.15, 0.2) is 0 Å². The lowest BCUT2D eigenvalue weighted by molar-refractivity contribution is -0.121. The van der Waals surface area contributed by atoms with Crippen LogP contribution in [0.3, 0.4) is 0 Å². The third-order valence-corrected chi connectivity index (χ3v) is 3.08. The van der Waals surface area contributed by atoms with E-state index in [0.717, 1.165) is 24.7 Å². The molecule has 0 atom stereocenters. The van der Waals surface area contributed by atoms with Gasteiger partial charge in [0, 0.05) is 18.7 Å². The minimum absolute atomic E-state index is 0.0170. The number of rotatable bonds is 7. The summed E-state index contributed by atoms with van der Waals surface area (Å²) < 4.78 is 24.6. The Labute approximate surface area is 114 Å². The van der Waals surface area contributed by atoms with Crippen molar-refractivity contribution in [2.24, 2.45) is 0 Å². The molecule has 0 aliphatic carbocycles. The average molecular weight is 284 g/mol. The Kier molecular flexibility index (Phi) is 5.82. The fourth-order valence-electron chi connectivity index (χ4n) is 1.59. The molecule has 19 heavy (non-hydrogen) atoms. The molecule has 0 aromatic heterocycles. The van der Waals surface area contributed by atoms with E-state index < -0.39 is 10.0 Å². The third kappa shape index (κ3) is 6.81. The van der Waals surface area contributed by atoms with E-state index in [2.05, 4.69) is 10.0 Å². The zero-order valence-electron chi connectivity index (χ0n) is 11.3. The molecule has 5 nitrogen and oxygen atoms in total. The van der Waals surface area contributed by atoms with Gasteiger partial charge in [-0.25, -0.2) is 8.42 Å². The maximum absolute atomic E-state index is 11.5. The van der Waals surface area contributed by atoms with Gasteiger partial charge in [-0.3, -0.25) is 9.52 Å². The second-order valence-electron chi connectivity index (χ2n) is 4.45. The first-order valence-electron chi connectivity index (χ1n) is 6.24. The normalized spacial score (nSPS) is 11.1. The van der Waals surface area contributed by atoms with E-state index in [0.29, 0.717) is 18.7 Å². The molecule has 0 saturated carbocycles. The Bertz CT molecular complexity index is 526. The van der Waals surface area contributed by atoms with Crippen molar-refractivity contribution >= 4 is 21.6 Å². The summed E-state index contributed by atoms with van der Waals surface area (Å²) in [4.78, 5) is 11.5. The number of unbranched alkanes of at least 4 members (excludes halogenated alkanes) is 1. The Balaban J connectivity index is 2.55. The van der Waals surface area contributed by atoms with Gasteiger partial charge in [0.1, 0.15) is 0 Å². The van der Waals surface area contributed by atoms with Crippen molar-refractivity contribution in [1.29, 1.82) is 0 Å². The minimum Gasteiger partial charge on any atom is -0.352 e. The molecule has 1 aromatic rings. The largest absolute Gasteiger partial charge is 0.352 e. The van der Waals surface area contributed by atoms with Gasteiger partial charge in [-0.05, 0) is 24.1 Å². The molecule has 0 aliphatic heterocycles. The topological polar surface area (TPSA) is 75.3 Å². The molecule has 0 radical (unpaired) electrons. The first-order valence-corrected chi connectivity index (χ1v) is 8.13. The Morgan fingerprint density at radius 1 is 1.32 bits per heavy atom. The van der Waals surface area contributed by atoms with Crippen molar-refractivity contribution in [2.45, 2.75) is 32.7 Å². The highest BCUT2D eigenvalue weighted by molar-refractivity contribution is 7.92. The lowest BCUT2D eigenvalue weighted by Crippen LogP contribution is -2.22. The maximum Gasteiger partial charge on any atom is 0.229 e. The molecule has 0 unspecified atom stereocenters. The summed E-state index contributed by atoms with van der Waals surface area (Å²) in [5, 5.41) is 2.81. The fraction of sp³-hybridized carbons (Fsp3) is 0.462. The molecular formula is C13H20N2O3S. The van der Waals surface area contributed by atoms with Gasteiger partial charge >= 0.3 is 0 Å². The van der Waals surface area contributed by atoms with E-state index >= 15 is 0 Å². The number of sulfonamides is 1. The van der Waals surface area contributed by atoms with E-state index in [1.54, 1.807) is 18.2 Å². The van der Waals surface area contributed by atoms with Crippen LogP contribution in [0.5, 0.6) is 0 Å². The number of amides is 1. The molecule has 6 heteroatoms. The smallest absolute Gasteiger partial charge is 0.229 e. The van der Waals surface area contributed by atoms with Crippen LogP contribution in [0.4, 0.5) is 5.69 Å². The second-order valence-corrected chi connectivity index (χ2v) is 6.20. The predicted octanol–water partition coefficient (Wildman–Crippen LogP) is 1.86. The minimum atomic E-state index is -3.27. The average Bonchev–Trinajstić information content (AvgIpc) is 2.32. The second kappa shape index (κ2) is 7.13. The summed E-state index contributed by atoms with van der Waals surface area (Å²) >= 11 is 0. The van der Waals surface area contributed by atoms with E-state index in [1.165, 1.54) is 0 Å². The highest BCUT2D eigenvalue weighted by Gasteiger charge is 2.04. The number of nitrogens with one attached hydrogen (secondary N) is 2. The Morgan fingerprint density at radius 2 is 2.05 bits per heavy atom. The van der Waals surface area contributed by atoms with Gasteiger partial charge < -0.3 is 5.32 Å². The van der Waals surface area contributed by atoms with Gasteiger partial charge in [0.25, 0.3) is 0 Å². The van der Waals surface area contributed by atoms with Crippen LogP contribution in [-0.4, -0.2) is 20.6 Å². The monoisotopic (exact) mass is 284 g/mol. The first-order chi connectivity index (χ1) is 8.90. The van der Waals surface area contributed by atoms with Crippen molar-refractivity contribution in [3.63, 3.8) is 0 Å². The zero-order chi connectivity index (χ0) is 14.3. The number of hydrogen-bond donors (Lipinski definition) is 2. The summed E-state index contributed by atoms with van der Waals surface area (Å²) in [5.74, 6) is 0.0170. The van der Waals surface area contributed by atoms with Gasteiger partial charge in [-0.1, -0.05) is 25.5 Å². The van der Waals surface area contributed by atoms with E-state index in [-0.39, 0.29) is 5.91 Å². The van der Waals surface area contributed by atoms with Crippen LogP contribution in [0.25, 0.3) is 0 Å². The molecule has 1 aromatic carbocycles. The molecule has 0 heterocycles. The lowest BCUT2D eigenvalue weighted by Gasteiger charge is -2.08. The molecule has 0 spiro atoms. The van der Waals surface area contributed by atoms with Crippen LogP contribution in [-0.2, 0) is 21.4 Å². The van der Waals surface area contributed by atoms with Gasteiger partial charge in [-0.15, -0.1) is 0 Å². The van der Waals surface area contributed by atoms with Crippen LogP contribution in [0.1, 0.15) is 31.7 Å². The van der Waals surface area contributed by atoms with Crippen LogP contribution >= 0.6 is 0 Å². The summed E-state index contributed by atoms with van der Waals surface area (Å²) in [5.41, 5.74) is 1.36. The van der Waals surface area contributed by atoms with Crippen molar-refractivity contribution in [3.05, 3.63) is 29.8 Å². The summed E-state index contributed by atoms with van der Waals surface area (Å²) in [6.07, 6.45) is 3.49. The molecule has 0 fully saturated rings. The molecule has 1 rings (SSSR count). The van der Waals surface area contributed by atoms with Crippen LogP contribution in [0.2, 0.25) is 0 Å². The summed E-state index contributed by atoms with van der Waals surface area (Å²) in [7, 11) is -3.27. The molecular weight excluding hydrogens is 264 g/mol. The molecule has 1 amide bonds. The third-order valence-electron chi connectivity index (χ3n) is 2.48. The van der Waals surface area contributed by atoms with Crippen LogP contribution < -0.4 is 10.0 Å². The molecule has 0 aliphatic rings. The fourth-order valence-corrected chi connectivity index (χ4v) is 2.14. The summed E-state index contributed by atoms with van der Waals surface area (Å²) in [6, 6.07) is 6.97. The number of carbonyl (C=O) groups excluding carboxylic acids is 1. The standard InChI is InChI=1S/C13H20N2O3S/c1-3-4-8-13(16)14-10-11-6-5-7-12(9-11)15-19(2,17)18/h5-7,9,15H,3-4,8,10H2,1-2H3,(H,14,16). The Morgan fingerprint density at radius 3 is 2.68 bits per heavy atom. The van der Waals surface area contributed by atoms with Crippen molar-refractivity contribution < 1.29 is 13.2 Å². The molecule has 106 valence electrons. The number of anilines is 1. The van der Waals surface area contributed by atoms with Gasteiger partial charge in [0.2, 0.25) is 15.9 Å². The lowest BCUT2D eigenvalue weighted by atomic mass is 10.2. The van der Waals surface area contributed by atoms with E-state index in [4.69, 9.17) is 0 Å². The molecule has 2 N–H and O–H groups in total. The molecule has 0 saturated heterocycles. The molecule has 0 bridgehead atoms. The van der Waals surface area contributed by atoms with Gasteiger partial charge in [-0.2, -0.15) is 0 Å². The van der Waals surface area contributed by atoms with Crippen molar-refractivity contribution in [3.8, 4) is 0 Å². The van der Waals surface area contributed by atoms with Gasteiger partial charge in [0.05, 0.1) is 6.26 Å². The number of carbonyl (C=O) groups is 1. The van der Waals surface area contributed by atoms with E-state index in [9.17, 15) is 13.2 Å². The summed E-state index contributed by atoms with van der Waals surface area (Å²) in [6.45, 7) is 2.44. The van der Waals surface area contributed by atoms with Crippen LogP contribution in [0, 0.1) is 0 Å². The number of hydrogen-bond acceptors (Lipinski definition) is 3. The zero-order valence-corrected chi connectivity index (χ0v) is 12.1. The SMILES string of the molecule is CCCCC(=O)NCc1cccc(NS(C)(=O)=O)c1. The predicted molar refractivity (Wildman–Crippen MR) is 76.3 cm³/mol. The Hall–Kier alpha value is -1.56. The van der Waals surface area contributed by atoms with Crippen molar-refractivity contribution in [2.75, 3.05) is 11.0 Å². The number of benzene rings is 1. The van der Waals surface area contributed by atoms with Crippen LogP contribution in [0.15, 0.2) is 24.3 Å². The highest BCUT2D eigenvalue weighted by atomic mass is 32.2.